The number of hydrogen-bond donors (Lipinski definition) is 2. The number of amides is 1. The number of hydrogen-bond acceptors (Lipinski definition) is 3. The van der Waals surface area contributed by atoms with Crippen molar-refractivity contribution in [3.63, 3.8) is 0 Å². The van der Waals surface area contributed by atoms with E-state index in [1.165, 1.54) is 5.56 Å². The summed E-state index contributed by atoms with van der Waals surface area (Å²) in [5, 5.41) is 3.35. The van der Waals surface area contributed by atoms with Crippen LogP contribution >= 0.6 is 0 Å². The molecule has 3 N–H and O–H groups in total. The Labute approximate surface area is 118 Å². The van der Waals surface area contributed by atoms with E-state index in [4.69, 9.17) is 10.5 Å². The number of ether oxygens (including phenoxy) is 1. The van der Waals surface area contributed by atoms with E-state index in [-0.39, 0.29) is 0 Å². The predicted molar refractivity (Wildman–Crippen MR) is 78.5 cm³/mol. The van der Waals surface area contributed by atoms with Crippen LogP contribution in [0.25, 0.3) is 0 Å². The van der Waals surface area contributed by atoms with Crippen molar-refractivity contribution in [1.29, 1.82) is 0 Å². The highest BCUT2D eigenvalue weighted by atomic mass is 16.5. The standard InChI is InChI=1S/C16H18N2O2/c1-20-15-8-4-13(5-9-15)11-18-10-12-2-6-14(7-3-12)16(17)19/h2-9,18H,10-11H2,1H3,(H2,17,19). The van der Waals surface area contributed by atoms with Crippen molar-refractivity contribution in [3.8, 4) is 5.75 Å². The first-order valence-corrected chi connectivity index (χ1v) is 6.41. The van der Waals surface area contributed by atoms with Crippen molar-refractivity contribution in [2.75, 3.05) is 7.11 Å². The third kappa shape index (κ3) is 3.83. The molecule has 0 aliphatic carbocycles. The number of nitrogens with two attached hydrogens (primary N) is 1. The molecule has 0 atom stereocenters. The lowest BCUT2D eigenvalue weighted by molar-refractivity contribution is 0.100. The molecule has 2 aromatic rings. The van der Waals surface area contributed by atoms with Gasteiger partial charge in [0.1, 0.15) is 5.75 Å². The maximum Gasteiger partial charge on any atom is 0.248 e. The zero-order valence-corrected chi connectivity index (χ0v) is 11.4. The van der Waals surface area contributed by atoms with E-state index in [0.29, 0.717) is 5.56 Å². The van der Waals surface area contributed by atoms with E-state index < -0.39 is 5.91 Å². The minimum atomic E-state index is -0.400. The van der Waals surface area contributed by atoms with Crippen molar-refractivity contribution in [3.05, 3.63) is 65.2 Å². The van der Waals surface area contributed by atoms with Crippen LogP contribution in [-0.4, -0.2) is 13.0 Å². The smallest absolute Gasteiger partial charge is 0.248 e. The highest BCUT2D eigenvalue weighted by Crippen LogP contribution is 2.11. The molecule has 2 rings (SSSR count). The van der Waals surface area contributed by atoms with Crippen molar-refractivity contribution in [2.45, 2.75) is 13.1 Å². The lowest BCUT2D eigenvalue weighted by Crippen LogP contribution is -2.14. The molecule has 0 saturated carbocycles. The van der Waals surface area contributed by atoms with E-state index in [9.17, 15) is 4.79 Å². The number of methoxy groups -OCH3 is 1. The number of carbonyl (C=O) groups excluding carboxylic acids is 1. The second-order valence-electron chi connectivity index (χ2n) is 4.51. The summed E-state index contributed by atoms with van der Waals surface area (Å²) in [6.07, 6.45) is 0. The molecule has 0 aliphatic heterocycles. The Bertz CT molecular complexity index is 562. The average Bonchev–Trinajstić information content (AvgIpc) is 2.48. The molecule has 0 radical (unpaired) electrons. The van der Waals surface area contributed by atoms with Gasteiger partial charge in [0.15, 0.2) is 0 Å². The summed E-state index contributed by atoms with van der Waals surface area (Å²) < 4.78 is 5.12. The van der Waals surface area contributed by atoms with Crippen LogP contribution < -0.4 is 15.8 Å². The normalized spacial score (nSPS) is 10.2. The summed E-state index contributed by atoms with van der Waals surface area (Å²) in [4.78, 5) is 11.0. The van der Waals surface area contributed by atoms with Gasteiger partial charge in [0.05, 0.1) is 7.11 Å². The van der Waals surface area contributed by atoms with E-state index in [1.54, 1.807) is 19.2 Å². The van der Waals surface area contributed by atoms with Crippen molar-refractivity contribution in [2.24, 2.45) is 5.73 Å². The molecule has 4 heteroatoms. The van der Waals surface area contributed by atoms with Crippen molar-refractivity contribution < 1.29 is 9.53 Å². The first-order valence-electron chi connectivity index (χ1n) is 6.41. The van der Waals surface area contributed by atoms with Gasteiger partial charge >= 0.3 is 0 Å². The Balaban J connectivity index is 1.84. The lowest BCUT2D eigenvalue weighted by atomic mass is 10.1. The Morgan fingerprint density at radius 1 is 1.00 bits per heavy atom. The second-order valence-corrected chi connectivity index (χ2v) is 4.51. The Morgan fingerprint density at radius 2 is 1.50 bits per heavy atom. The number of nitrogens with one attached hydrogen (secondary N) is 1. The molecule has 0 unspecified atom stereocenters. The van der Waals surface area contributed by atoms with Crippen LogP contribution in [0.1, 0.15) is 21.5 Å². The quantitative estimate of drug-likeness (QED) is 0.844. The minimum absolute atomic E-state index is 0.400. The molecule has 20 heavy (non-hydrogen) atoms. The SMILES string of the molecule is COc1ccc(CNCc2ccc(C(N)=O)cc2)cc1. The molecule has 4 nitrogen and oxygen atoms in total. The third-order valence-corrected chi connectivity index (χ3v) is 3.06. The maximum atomic E-state index is 11.0. The zero-order valence-electron chi connectivity index (χ0n) is 11.4. The Kier molecular flexibility index (Phi) is 4.74. The van der Waals surface area contributed by atoms with Gasteiger partial charge in [-0.2, -0.15) is 0 Å². The van der Waals surface area contributed by atoms with Gasteiger partial charge in [0.25, 0.3) is 0 Å². The first-order chi connectivity index (χ1) is 9.69. The van der Waals surface area contributed by atoms with Crippen LogP contribution in [0.2, 0.25) is 0 Å². The molecule has 0 spiro atoms. The summed E-state index contributed by atoms with van der Waals surface area (Å²) in [5.41, 5.74) is 8.04. The molecular formula is C16H18N2O2. The van der Waals surface area contributed by atoms with Crippen molar-refractivity contribution in [1.82, 2.24) is 5.32 Å². The highest BCUT2D eigenvalue weighted by molar-refractivity contribution is 5.92. The van der Waals surface area contributed by atoms with Gasteiger partial charge in [-0.05, 0) is 35.4 Å². The topological polar surface area (TPSA) is 64.3 Å². The van der Waals surface area contributed by atoms with Gasteiger partial charge in [0, 0.05) is 18.7 Å². The fourth-order valence-corrected chi connectivity index (χ4v) is 1.88. The van der Waals surface area contributed by atoms with Crippen LogP contribution in [0, 0.1) is 0 Å². The van der Waals surface area contributed by atoms with Gasteiger partial charge in [-0.15, -0.1) is 0 Å². The molecule has 0 heterocycles. The first kappa shape index (κ1) is 14.1. The minimum Gasteiger partial charge on any atom is -0.497 e. The van der Waals surface area contributed by atoms with Gasteiger partial charge < -0.3 is 15.8 Å². The fraction of sp³-hybridized carbons (Fsp3) is 0.188. The summed E-state index contributed by atoms with van der Waals surface area (Å²) >= 11 is 0. The van der Waals surface area contributed by atoms with E-state index in [0.717, 1.165) is 24.4 Å². The van der Waals surface area contributed by atoms with Gasteiger partial charge in [-0.25, -0.2) is 0 Å². The highest BCUT2D eigenvalue weighted by Gasteiger charge is 2.00. The molecule has 2 aromatic carbocycles. The van der Waals surface area contributed by atoms with E-state index >= 15 is 0 Å². The van der Waals surface area contributed by atoms with E-state index in [2.05, 4.69) is 5.32 Å². The Hall–Kier alpha value is -2.33. The second kappa shape index (κ2) is 6.73. The maximum absolute atomic E-state index is 11.0. The zero-order chi connectivity index (χ0) is 14.4. The van der Waals surface area contributed by atoms with Crippen LogP contribution in [0.3, 0.4) is 0 Å². The lowest BCUT2D eigenvalue weighted by Gasteiger charge is -2.06. The molecule has 0 aromatic heterocycles. The summed E-state index contributed by atoms with van der Waals surface area (Å²) in [7, 11) is 1.66. The molecule has 1 amide bonds. The molecule has 104 valence electrons. The number of benzene rings is 2. The van der Waals surface area contributed by atoms with Crippen LogP contribution in [0.15, 0.2) is 48.5 Å². The number of carbonyl (C=O) groups is 1. The molecule has 0 fully saturated rings. The van der Waals surface area contributed by atoms with Crippen LogP contribution in [0.4, 0.5) is 0 Å². The molecule has 0 saturated heterocycles. The number of primary amides is 1. The predicted octanol–water partition coefficient (Wildman–Crippen LogP) is 2.08. The van der Waals surface area contributed by atoms with Crippen molar-refractivity contribution >= 4 is 5.91 Å². The monoisotopic (exact) mass is 270 g/mol. The fourth-order valence-electron chi connectivity index (χ4n) is 1.88. The third-order valence-electron chi connectivity index (χ3n) is 3.06. The molecule has 0 aliphatic rings. The van der Waals surface area contributed by atoms with Crippen LogP contribution in [-0.2, 0) is 13.1 Å². The number of rotatable bonds is 6. The summed E-state index contributed by atoms with van der Waals surface area (Å²) in [6, 6.07) is 15.2. The van der Waals surface area contributed by atoms with Gasteiger partial charge in [0.2, 0.25) is 5.91 Å². The summed E-state index contributed by atoms with van der Waals surface area (Å²) in [6.45, 7) is 1.52. The van der Waals surface area contributed by atoms with Gasteiger partial charge in [-0.3, -0.25) is 4.79 Å². The van der Waals surface area contributed by atoms with Gasteiger partial charge in [-0.1, -0.05) is 24.3 Å². The largest absolute Gasteiger partial charge is 0.497 e. The summed E-state index contributed by atoms with van der Waals surface area (Å²) in [5.74, 6) is 0.457. The Morgan fingerprint density at radius 3 is 1.95 bits per heavy atom. The van der Waals surface area contributed by atoms with E-state index in [1.807, 2.05) is 36.4 Å². The molecular weight excluding hydrogens is 252 g/mol. The average molecular weight is 270 g/mol. The van der Waals surface area contributed by atoms with Crippen LogP contribution in [0.5, 0.6) is 5.75 Å². The molecule has 0 bridgehead atoms.